The Bertz CT molecular complexity index is 427. The maximum atomic E-state index is 11.1. The van der Waals surface area contributed by atoms with Gasteiger partial charge < -0.3 is 4.52 Å². The quantitative estimate of drug-likeness (QED) is 0.693. The van der Waals surface area contributed by atoms with Crippen LogP contribution in [0.25, 0.3) is 0 Å². The highest BCUT2D eigenvalue weighted by molar-refractivity contribution is 5.14. The Hall–Kier alpha value is -1.77. The summed E-state index contributed by atoms with van der Waals surface area (Å²) in [7, 11) is 0. The maximum absolute atomic E-state index is 11.1. The van der Waals surface area contributed by atoms with Crippen LogP contribution in [-0.2, 0) is 6.54 Å². The van der Waals surface area contributed by atoms with Crippen molar-refractivity contribution in [2.75, 3.05) is 0 Å². The van der Waals surface area contributed by atoms with E-state index in [1.165, 1.54) is 17.1 Å². The van der Waals surface area contributed by atoms with Crippen LogP contribution < -0.4 is 5.56 Å². The second-order valence-corrected chi connectivity index (χ2v) is 2.77. The fourth-order valence-electron chi connectivity index (χ4n) is 1.16. The normalized spacial score (nSPS) is 10.2. The zero-order valence-electron chi connectivity index (χ0n) is 7.01. The van der Waals surface area contributed by atoms with Gasteiger partial charge in [-0.2, -0.15) is 4.74 Å². The number of rotatable bonds is 2. The minimum atomic E-state index is -0.108. The highest BCUT2D eigenvalue weighted by Crippen LogP contribution is 1.99. The first-order valence-corrected chi connectivity index (χ1v) is 4.05. The largest absolute Gasteiger partial charge is 0.384 e. The Kier molecular flexibility index (Phi) is 2.00. The van der Waals surface area contributed by atoms with Crippen molar-refractivity contribution in [3.05, 3.63) is 58.6 Å². The number of hydrogen-bond acceptors (Lipinski definition) is 2. The highest BCUT2D eigenvalue weighted by Gasteiger charge is 1.98. The number of benzene rings is 1. The molecule has 2 rings (SSSR count). The van der Waals surface area contributed by atoms with Gasteiger partial charge in [-0.05, 0) is 5.56 Å². The minimum Gasteiger partial charge on any atom is -0.384 e. The van der Waals surface area contributed by atoms with E-state index in [2.05, 4.69) is 0 Å². The van der Waals surface area contributed by atoms with E-state index in [0.717, 1.165) is 5.56 Å². The molecule has 0 aliphatic carbocycles. The maximum Gasteiger partial charge on any atom is 0.282 e. The van der Waals surface area contributed by atoms with Gasteiger partial charge >= 0.3 is 0 Å². The lowest BCUT2D eigenvalue weighted by molar-refractivity contribution is 0.277. The van der Waals surface area contributed by atoms with Crippen molar-refractivity contribution >= 4 is 0 Å². The molecule has 0 aliphatic heterocycles. The molecule has 0 atom stereocenters. The van der Waals surface area contributed by atoms with E-state index in [1.54, 1.807) is 0 Å². The lowest BCUT2D eigenvalue weighted by Gasteiger charge is -1.98. The van der Waals surface area contributed by atoms with Crippen LogP contribution in [-0.4, -0.2) is 4.74 Å². The summed E-state index contributed by atoms with van der Waals surface area (Å²) in [6, 6.07) is 11.1. The molecule has 0 N–H and O–H groups in total. The average molecular weight is 175 g/mol. The first kappa shape index (κ1) is 7.86. The summed E-state index contributed by atoms with van der Waals surface area (Å²) < 4.78 is 6.29. The average Bonchev–Trinajstić information content (AvgIpc) is 2.54. The molecule has 0 saturated heterocycles. The molecule has 66 valence electrons. The smallest absolute Gasteiger partial charge is 0.282 e. The molecule has 0 amide bonds. The summed E-state index contributed by atoms with van der Waals surface area (Å²) >= 11 is 0. The molecular formula is C10H9NO2. The van der Waals surface area contributed by atoms with Crippen LogP contribution in [0.1, 0.15) is 5.56 Å². The third-order valence-corrected chi connectivity index (χ3v) is 1.81. The van der Waals surface area contributed by atoms with Crippen LogP contribution in [0, 0.1) is 0 Å². The van der Waals surface area contributed by atoms with Gasteiger partial charge in [0.05, 0.1) is 6.54 Å². The van der Waals surface area contributed by atoms with E-state index in [-0.39, 0.29) is 5.56 Å². The van der Waals surface area contributed by atoms with Crippen LogP contribution in [0.4, 0.5) is 0 Å². The van der Waals surface area contributed by atoms with Crippen molar-refractivity contribution in [1.29, 1.82) is 0 Å². The second kappa shape index (κ2) is 3.31. The molecule has 3 nitrogen and oxygen atoms in total. The first-order valence-electron chi connectivity index (χ1n) is 4.05. The van der Waals surface area contributed by atoms with E-state index in [4.69, 9.17) is 4.52 Å². The van der Waals surface area contributed by atoms with Crippen molar-refractivity contribution in [1.82, 2.24) is 4.74 Å². The predicted octanol–water partition coefficient (Wildman–Crippen LogP) is 1.49. The van der Waals surface area contributed by atoms with Gasteiger partial charge in [-0.25, -0.2) is 0 Å². The Morgan fingerprint density at radius 2 is 1.92 bits per heavy atom. The fraction of sp³-hybridized carbons (Fsp3) is 0.100. The summed E-state index contributed by atoms with van der Waals surface area (Å²) in [5.41, 5.74) is 0.948. The van der Waals surface area contributed by atoms with Crippen LogP contribution in [0.15, 0.2) is 52.0 Å². The van der Waals surface area contributed by atoms with Crippen molar-refractivity contribution in [3.63, 3.8) is 0 Å². The molecule has 0 unspecified atom stereocenters. The van der Waals surface area contributed by atoms with Crippen LogP contribution in [0.5, 0.6) is 0 Å². The van der Waals surface area contributed by atoms with Gasteiger partial charge in [0, 0.05) is 6.07 Å². The van der Waals surface area contributed by atoms with Gasteiger partial charge in [-0.1, -0.05) is 30.3 Å². The molecule has 0 aliphatic rings. The third kappa shape index (κ3) is 1.69. The van der Waals surface area contributed by atoms with Crippen molar-refractivity contribution in [3.8, 4) is 0 Å². The van der Waals surface area contributed by atoms with Gasteiger partial charge in [0.15, 0.2) is 0 Å². The Morgan fingerprint density at radius 3 is 2.54 bits per heavy atom. The molecule has 0 bridgehead atoms. The van der Waals surface area contributed by atoms with Crippen molar-refractivity contribution in [2.45, 2.75) is 6.54 Å². The molecule has 13 heavy (non-hydrogen) atoms. The third-order valence-electron chi connectivity index (χ3n) is 1.81. The molecule has 2 aromatic rings. The van der Waals surface area contributed by atoms with E-state index >= 15 is 0 Å². The fourth-order valence-corrected chi connectivity index (χ4v) is 1.16. The Morgan fingerprint density at radius 1 is 1.15 bits per heavy atom. The molecule has 0 radical (unpaired) electrons. The predicted molar refractivity (Wildman–Crippen MR) is 48.5 cm³/mol. The number of aromatic nitrogens is 1. The summed E-state index contributed by atoms with van der Waals surface area (Å²) in [6.45, 7) is 0.493. The summed E-state index contributed by atoms with van der Waals surface area (Å²) in [4.78, 5) is 11.1. The second-order valence-electron chi connectivity index (χ2n) is 2.77. The van der Waals surface area contributed by atoms with Crippen molar-refractivity contribution < 1.29 is 4.52 Å². The topological polar surface area (TPSA) is 35.1 Å². The minimum absolute atomic E-state index is 0.108. The molecular weight excluding hydrogens is 166 g/mol. The molecule has 0 fully saturated rings. The lowest BCUT2D eigenvalue weighted by Crippen LogP contribution is -2.13. The number of nitrogens with zero attached hydrogens (tertiary/aromatic N) is 1. The number of hydrogen-bond donors (Lipinski definition) is 0. The van der Waals surface area contributed by atoms with Gasteiger partial charge in [-0.3, -0.25) is 4.79 Å². The first-order chi connectivity index (χ1) is 6.36. The van der Waals surface area contributed by atoms with Crippen LogP contribution >= 0.6 is 0 Å². The van der Waals surface area contributed by atoms with Crippen LogP contribution in [0.2, 0.25) is 0 Å². The zero-order valence-corrected chi connectivity index (χ0v) is 7.01. The Balaban J connectivity index is 2.25. The van der Waals surface area contributed by atoms with E-state index in [0.29, 0.717) is 6.54 Å². The molecule has 0 spiro atoms. The lowest BCUT2D eigenvalue weighted by atomic mass is 10.2. The van der Waals surface area contributed by atoms with Crippen LogP contribution in [0.3, 0.4) is 0 Å². The standard InChI is InChI=1S/C10H9NO2/c12-10-6-7-13-11(10)8-9-4-2-1-3-5-9/h1-7H,8H2. The van der Waals surface area contributed by atoms with Gasteiger partial charge in [0.1, 0.15) is 6.26 Å². The summed E-state index contributed by atoms with van der Waals surface area (Å²) in [6.07, 6.45) is 1.39. The van der Waals surface area contributed by atoms with Gasteiger partial charge in [-0.15, -0.1) is 0 Å². The monoisotopic (exact) mass is 175 g/mol. The molecule has 3 heteroatoms. The zero-order chi connectivity index (χ0) is 9.10. The van der Waals surface area contributed by atoms with Crippen molar-refractivity contribution in [2.24, 2.45) is 0 Å². The highest BCUT2D eigenvalue weighted by atomic mass is 16.5. The molecule has 1 aromatic heterocycles. The SMILES string of the molecule is O=c1ccon1Cc1ccccc1. The van der Waals surface area contributed by atoms with E-state index < -0.39 is 0 Å². The molecule has 0 saturated carbocycles. The van der Waals surface area contributed by atoms with Gasteiger partial charge in [0.25, 0.3) is 5.56 Å². The summed E-state index contributed by atoms with van der Waals surface area (Å²) in [5.74, 6) is 0. The Labute approximate surface area is 75.2 Å². The van der Waals surface area contributed by atoms with E-state index in [9.17, 15) is 4.79 Å². The molecule has 1 heterocycles. The van der Waals surface area contributed by atoms with Gasteiger partial charge in [0.2, 0.25) is 0 Å². The van der Waals surface area contributed by atoms with E-state index in [1.807, 2.05) is 30.3 Å². The molecule has 1 aromatic carbocycles. The summed E-state index contributed by atoms with van der Waals surface area (Å²) in [5, 5.41) is 0.